The normalized spacial score (nSPS) is 26.0. The van der Waals surface area contributed by atoms with E-state index in [1.807, 2.05) is 24.7 Å². The smallest absolute Gasteiger partial charge is 0.250 e. The topological polar surface area (TPSA) is 78.7 Å². The molecule has 3 aliphatic heterocycles. The van der Waals surface area contributed by atoms with Crippen LogP contribution < -0.4 is 10.6 Å². The maximum atomic E-state index is 13.5. The molecule has 6 heteroatoms. The molecule has 0 aliphatic carbocycles. The molecule has 0 spiro atoms. The number of hydrogen-bond acceptors (Lipinski definition) is 5. The van der Waals surface area contributed by atoms with Gasteiger partial charge in [0.25, 0.3) is 5.91 Å². The number of aromatic nitrogens is 1. The van der Waals surface area contributed by atoms with Crippen molar-refractivity contribution in [1.82, 2.24) is 15.6 Å². The summed E-state index contributed by atoms with van der Waals surface area (Å²) >= 11 is 0. The number of nitrogens with zero attached hydrogens (tertiary/aromatic N) is 3. The minimum atomic E-state index is -0.577. The molecule has 0 fully saturated rings. The van der Waals surface area contributed by atoms with Crippen LogP contribution in [0.3, 0.4) is 0 Å². The largest absolute Gasteiger partial charge is 0.362 e. The number of nitrogens with one attached hydrogen (secondary N) is 2. The number of carbonyl (C=O) groups excluding carboxylic acids is 1. The van der Waals surface area contributed by atoms with Crippen molar-refractivity contribution < 1.29 is 4.79 Å². The standard InChI is InChI=1S/C25H27N5O/c1-5-25(17-8-6-7-16(11-17)18-9-10-26-13-15(18)2)19-14-27-30-22(19)28-20-12-24(3,4)29-23(31)21(20)25/h6-11,13-14,22,28H,5,12H2,1-4H3,(H,29,31)/t22?,25-/m1/s1. The molecule has 1 aromatic carbocycles. The Kier molecular flexibility index (Phi) is 4.36. The maximum Gasteiger partial charge on any atom is 0.250 e. The van der Waals surface area contributed by atoms with Crippen LogP contribution in [0.15, 0.2) is 76.0 Å². The third-order valence-electron chi connectivity index (χ3n) is 6.72. The molecule has 1 aromatic heterocycles. The van der Waals surface area contributed by atoms with E-state index in [4.69, 9.17) is 0 Å². The Hall–Kier alpha value is -3.28. The summed E-state index contributed by atoms with van der Waals surface area (Å²) in [4.78, 5) is 17.7. The number of hydrogen-bond donors (Lipinski definition) is 2. The number of aryl methyl sites for hydroxylation is 1. The SMILES string of the molecule is CC[C@@]1(c2cccc(-c3ccncc3C)c2)C2=CN=NC2NC2=C1C(=O)NC(C)(C)C2. The van der Waals surface area contributed by atoms with Gasteiger partial charge in [-0.05, 0) is 61.6 Å². The predicted octanol–water partition coefficient (Wildman–Crippen LogP) is 4.54. The van der Waals surface area contributed by atoms with Crippen LogP contribution in [-0.4, -0.2) is 22.6 Å². The van der Waals surface area contributed by atoms with Crippen molar-refractivity contribution in [2.75, 3.05) is 0 Å². The molecule has 2 N–H and O–H groups in total. The molecule has 6 nitrogen and oxygen atoms in total. The van der Waals surface area contributed by atoms with Gasteiger partial charge in [0.2, 0.25) is 0 Å². The van der Waals surface area contributed by atoms with Gasteiger partial charge in [-0.25, -0.2) is 0 Å². The highest BCUT2D eigenvalue weighted by molar-refractivity contribution is 6.00. The van der Waals surface area contributed by atoms with Crippen molar-refractivity contribution >= 4 is 5.91 Å². The molecular formula is C25H27N5O. The lowest BCUT2D eigenvalue weighted by atomic mass is 9.62. The second-order valence-electron chi connectivity index (χ2n) is 9.26. The number of carbonyl (C=O) groups is 1. The average molecular weight is 414 g/mol. The van der Waals surface area contributed by atoms with E-state index >= 15 is 0 Å². The van der Waals surface area contributed by atoms with E-state index in [0.29, 0.717) is 0 Å². The van der Waals surface area contributed by atoms with Gasteiger partial charge >= 0.3 is 0 Å². The zero-order valence-corrected chi connectivity index (χ0v) is 18.4. The molecule has 5 rings (SSSR count). The first kappa shape index (κ1) is 19.7. The second kappa shape index (κ2) is 6.87. The van der Waals surface area contributed by atoms with E-state index in [9.17, 15) is 4.79 Å². The first-order valence-corrected chi connectivity index (χ1v) is 10.8. The van der Waals surface area contributed by atoms with Crippen LogP contribution in [0.5, 0.6) is 0 Å². The lowest BCUT2D eigenvalue weighted by Gasteiger charge is -2.48. The fraction of sp³-hybridized carbons (Fsp3) is 0.360. The molecule has 2 aromatic rings. The monoisotopic (exact) mass is 413 g/mol. The van der Waals surface area contributed by atoms with E-state index in [0.717, 1.165) is 51.9 Å². The highest BCUT2D eigenvalue weighted by atomic mass is 16.2. The van der Waals surface area contributed by atoms with Gasteiger partial charge < -0.3 is 10.6 Å². The molecule has 2 atom stereocenters. The van der Waals surface area contributed by atoms with Crippen LogP contribution in [0.4, 0.5) is 0 Å². The molecule has 0 bridgehead atoms. The van der Waals surface area contributed by atoms with E-state index in [-0.39, 0.29) is 17.6 Å². The van der Waals surface area contributed by atoms with Crippen LogP contribution in [0.2, 0.25) is 0 Å². The van der Waals surface area contributed by atoms with Crippen LogP contribution in [0.25, 0.3) is 11.1 Å². The molecule has 0 radical (unpaired) electrons. The summed E-state index contributed by atoms with van der Waals surface area (Å²) in [6.07, 6.45) is 6.78. The quantitative estimate of drug-likeness (QED) is 0.776. The van der Waals surface area contributed by atoms with Crippen molar-refractivity contribution in [3.63, 3.8) is 0 Å². The van der Waals surface area contributed by atoms with E-state index in [1.54, 1.807) is 0 Å². The van der Waals surface area contributed by atoms with Gasteiger partial charge in [-0.15, -0.1) is 0 Å². The average Bonchev–Trinajstić information content (AvgIpc) is 3.20. The maximum absolute atomic E-state index is 13.5. The number of pyridine rings is 1. The molecular weight excluding hydrogens is 386 g/mol. The Morgan fingerprint density at radius 2 is 2.06 bits per heavy atom. The Morgan fingerprint density at radius 1 is 1.23 bits per heavy atom. The third-order valence-corrected chi connectivity index (χ3v) is 6.72. The molecule has 0 saturated heterocycles. The van der Waals surface area contributed by atoms with Gasteiger partial charge in [-0.3, -0.25) is 9.78 Å². The molecule has 0 saturated carbocycles. The summed E-state index contributed by atoms with van der Waals surface area (Å²) in [6.45, 7) is 8.32. The van der Waals surface area contributed by atoms with Gasteiger partial charge in [-0.2, -0.15) is 10.2 Å². The highest BCUT2D eigenvalue weighted by Crippen LogP contribution is 2.51. The molecule has 1 unspecified atom stereocenters. The summed E-state index contributed by atoms with van der Waals surface area (Å²) < 4.78 is 0. The molecule has 31 heavy (non-hydrogen) atoms. The Balaban J connectivity index is 1.75. The summed E-state index contributed by atoms with van der Waals surface area (Å²) in [6, 6.07) is 10.6. The molecule has 1 amide bonds. The number of rotatable bonds is 3. The highest BCUT2D eigenvalue weighted by Gasteiger charge is 2.53. The minimum Gasteiger partial charge on any atom is -0.362 e. The van der Waals surface area contributed by atoms with Crippen molar-refractivity contribution in [2.24, 2.45) is 10.2 Å². The first-order chi connectivity index (χ1) is 14.9. The number of amides is 1. The number of azo groups is 1. The van der Waals surface area contributed by atoms with Gasteiger partial charge in [0.15, 0.2) is 6.17 Å². The van der Waals surface area contributed by atoms with Crippen LogP contribution in [0.1, 0.15) is 44.7 Å². The minimum absolute atomic E-state index is 0.0163. The fourth-order valence-corrected chi connectivity index (χ4v) is 5.36. The third kappa shape index (κ3) is 2.92. The van der Waals surface area contributed by atoms with Gasteiger partial charge in [0.1, 0.15) is 0 Å². The zero-order chi connectivity index (χ0) is 21.8. The van der Waals surface area contributed by atoms with Gasteiger partial charge in [0, 0.05) is 35.6 Å². The van der Waals surface area contributed by atoms with Crippen LogP contribution in [0, 0.1) is 6.92 Å². The summed E-state index contributed by atoms with van der Waals surface area (Å²) in [7, 11) is 0. The summed E-state index contributed by atoms with van der Waals surface area (Å²) in [5, 5.41) is 15.4. The van der Waals surface area contributed by atoms with E-state index < -0.39 is 5.41 Å². The van der Waals surface area contributed by atoms with Crippen LogP contribution in [-0.2, 0) is 10.2 Å². The number of fused-ring (bicyclic) bond motifs is 1. The second-order valence-corrected chi connectivity index (χ2v) is 9.26. The Bertz CT molecular complexity index is 1180. The lowest BCUT2D eigenvalue weighted by molar-refractivity contribution is -0.120. The van der Waals surface area contributed by atoms with Crippen molar-refractivity contribution in [1.29, 1.82) is 0 Å². The Morgan fingerprint density at radius 3 is 2.84 bits per heavy atom. The molecule has 3 aliphatic rings. The van der Waals surface area contributed by atoms with E-state index in [1.165, 1.54) is 0 Å². The van der Waals surface area contributed by atoms with Gasteiger partial charge in [0.05, 0.1) is 17.2 Å². The van der Waals surface area contributed by atoms with Crippen molar-refractivity contribution in [3.8, 4) is 11.1 Å². The van der Waals surface area contributed by atoms with Gasteiger partial charge in [-0.1, -0.05) is 25.1 Å². The summed E-state index contributed by atoms with van der Waals surface area (Å²) in [5.41, 5.74) is 6.40. The Labute approximate surface area is 182 Å². The first-order valence-electron chi connectivity index (χ1n) is 10.8. The predicted molar refractivity (Wildman–Crippen MR) is 120 cm³/mol. The van der Waals surface area contributed by atoms with Crippen molar-refractivity contribution in [3.05, 3.63) is 76.9 Å². The van der Waals surface area contributed by atoms with Crippen molar-refractivity contribution in [2.45, 2.75) is 57.7 Å². The lowest BCUT2D eigenvalue weighted by Crippen LogP contribution is -2.58. The zero-order valence-electron chi connectivity index (χ0n) is 18.4. The molecule has 4 heterocycles. The van der Waals surface area contributed by atoms with E-state index in [2.05, 4.69) is 77.8 Å². The number of benzene rings is 1. The summed E-state index contributed by atoms with van der Waals surface area (Å²) in [5.74, 6) is -0.0163. The fourth-order valence-electron chi connectivity index (χ4n) is 5.36. The molecule has 158 valence electrons. The van der Waals surface area contributed by atoms with Crippen LogP contribution >= 0.6 is 0 Å².